The van der Waals surface area contributed by atoms with Gasteiger partial charge in [0.1, 0.15) is 0 Å². The highest BCUT2D eigenvalue weighted by Crippen LogP contribution is 2.29. The summed E-state index contributed by atoms with van der Waals surface area (Å²) < 4.78 is 0. The molecule has 0 amide bonds. The van der Waals surface area contributed by atoms with Crippen LogP contribution in [0.5, 0.6) is 0 Å². The average Bonchev–Trinajstić information content (AvgIpc) is 2.38. The Kier molecular flexibility index (Phi) is 7.48. The molecule has 0 aliphatic rings. The van der Waals surface area contributed by atoms with Crippen molar-refractivity contribution in [1.82, 2.24) is 5.32 Å². The van der Waals surface area contributed by atoms with Crippen LogP contribution in [0.25, 0.3) is 0 Å². The number of unbranched alkanes of at least 4 members (excludes halogenated alkanes) is 3. The Hall–Kier alpha value is -0.530. The quantitative estimate of drug-likeness (QED) is 0.614. The molecule has 2 heteroatoms. The summed E-state index contributed by atoms with van der Waals surface area (Å²) in [4.78, 5) is 0. The Morgan fingerprint density at radius 2 is 1.74 bits per heavy atom. The first kappa shape index (κ1) is 16.5. The Morgan fingerprint density at radius 3 is 2.37 bits per heavy atom. The Labute approximate surface area is 123 Å². The van der Waals surface area contributed by atoms with Crippen LogP contribution in [0.2, 0.25) is 5.02 Å². The van der Waals surface area contributed by atoms with Crippen molar-refractivity contribution in [3.05, 3.63) is 33.8 Å². The number of hydrogen-bond acceptors (Lipinski definition) is 1. The molecule has 108 valence electrons. The van der Waals surface area contributed by atoms with E-state index in [-0.39, 0.29) is 0 Å². The van der Waals surface area contributed by atoms with Gasteiger partial charge in [-0.05, 0) is 49.6 Å². The third kappa shape index (κ3) is 5.16. The molecule has 19 heavy (non-hydrogen) atoms. The van der Waals surface area contributed by atoms with Gasteiger partial charge in [0.05, 0.1) is 0 Å². The molecule has 1 N–H and O–H groups in total. The van der Waals surface area contributed by atoms with Crippen molar-refractivity contribution in [2.45, 2.75) is 65.8 Å². The van der Waals surface area contributed by atoms with Crippen LogP contribution in [0.3, 0.4) is 0 Å². The van der Waals surface area contributed by atoms with Gasteiger partial charge in [0.25, 0.3) is 0 Å². The fraction of sp³-hybridized carbons (Fsp3) is 0.647. The second kappa shape index (κ2) is 8.60. The monoisotopic (exact) mass is 281 g/mol. The molecule has 1 aromatic rings. The SMILES string of the molecule is CCCCCCC(NCC)c1cc(C)c(C)cc1Cl. The molecule has 0 bridgehead atoms. The zero-order valence-electron chi connectivity index (χ0n) is 12.9. The molecule has 0 saturated heterocycles. The third-order valence-electron chi connectivity index (χ3n) is 3.79. The van der Waals surface area contributed by atoms with Crippen LogP contribution in [0.1, 0.15) is 68.7 Å². The van der Waals surface area contributed by atoms with Crippen LogP contribution < -0.4 is 5.32 Å². The lowest BCUT2D eigenvalue weighted by Gasteiger charge is -2.21. The minimum atomic E-state index is 0.397. The summed E-state index contributed by atoms with van der Waals surface area (Å²) in [6.45, 7) is 9.68. The summed E-state index contributed by atoms with van der Waals surface area (Å²) in [5.41, 5.74) is 3.87. The van der Waals surface area contributed by atoms with E-state index in [1.54, 1.807) is 0 Å². The Balaban J connectivity index is 2.77. The number of hydrogen-bond donors (Lipinski definition) is 1. The highest BCUT2D eigenvalue weighted by Gasteiger charge is 2.14. The number of benzene rings is 1. The zero-order chi connectivity index (χ0) is 14.3. The maximum atomic E-state index is 6.43. The van der Waals surface area contributed by atoms with E-state index in [9.17, 15) is 0 Å². The molecule has 1 aromatic carbocycles. The van der Waals surface area contributed by atoms with Gasteiger partial charge in [-0.3, -0.25) is 0 Å². The summed E-state index contributed by atoms with van der Waals surface area (Å²) in [6.07, 6.45) is 6.39. The van der Waals surface area contributed by atoms with Crippen molar-refractivity contribution in [1.29, 1.82) is 0 Å². The van der Waals surface area contributed by atoms with Crippen molar-refractivity contribution >= 4 is 11.6 Å². The summed E-state index contributed by atoms with van der Waals surface area (Å²) in [5.74, 6) is 0. The molecule has 0 aromatic heterocycles. The molecule has 0 aliphatic heterocycles. The maximum Gasteiger partial charge on any atom is 0.0456 e. The number of halogens is 1. The lowest BCUT2D eigenvalue weighted by molar-refractivity contribution is 0.481. The smallest absolute Gasteiger partial charge is 0.0456 e. The highest BCUT2D eigenvalue weighted by molar-refractivity contribution is 6.31. The van der Waals surface area contributed by atoms with Gasteiger partial charge in [-0.15, -0.1) is 0 Å². The third-order valence-corrected chi connectivity index (χ3v) is 4.11. The van der Waals surface area contributed by atoms with E-state index in [1.165, 1.54) is 48.8 Å². The van der Waals surface area contributed by atoms with Crippen LogP contribution in [-0.2, 0) is 0 Å². The molecule has 0 fully saturated rings. The van der Waals surface area contributed by atoms with Crippen molar-refractivity contribution in [2.24, 2.45) is 0 Å². The predicted molar refractivity (Wildman–Crippen MR) is 86.1 cm³/mol. The minimum Gasteiger partial charge on any atom is -0.310 e. The van der Waals surface area contributed by atoms with E-state index in [0.717, 1.165) is 11.6 Å². The molecule has 0 saturated carbocycles. The Morgan fingerprint density at radius 1 is 1.05 bits per heavy atom. The predicted octanol–water partition coefficient (Wildman–Crippen LogP) is 5.58. The van der Waals surface area contributed by atoms with Gasteiger partial charge in [0.2, 0.25) is 0 Å². The number of nitrogens with one attached hydrogen (secondary N) is 1. The van der Waals surface area contributed by atoms with Crippen molar-refractivity contribution < 1.29 is 0 Å². The van der Waals surface area contributed by atoms with E-state index in [1.807, 2.05) is 0 Å². The van der Waals surface area contributed by atoms with Crippen LogP contribution in [-0.4, -0.2) is 6.54 Å². The summed E-state index contributed by atoms with van der Waals surface area (Å²) in [5, 5.41) is 4.49. The molecule has 1 nitrogen and oxygen atoms in total. The molecule has 0 aliphatic carbocycles. The standard InChI is InChI=1S/C17H28ClN/c1-5-7-8-9-10-17(19-6-2)15-11-13(3)14(4)12-16(15)18/h11-12,17,19H,5-10H2,1-4H3. The highest BCUT2D eigenvalue weighted by atomic mass is 35.5. The summed E-state index contributed by atoms with van der Waals surface area (Å²) in [7, 11) is 0. The van der Waals surface area contributed by atoms with Gasteiger partial charge in [-0.2, -0.15) is 0 Å². The van der Waals surface area contributed by atoms with Gasteiger partial charge in [0.15, 0.2) is 0 Å². The lowest BCUT2D eigenvalue weighted by Crippen LogP contribution is -2.21. The topological polar surface area (TPSA) is 12.0 Å². The van der Waals surface area contributed by atoms with E-state index in [4.69, 9.17) is 11.6 Å². The first-order chi connectivity index (χ1) is 9.10. The fourth-order valence-corrected chi connectivity index (χ4v) is 2.81. The van der Waals surface area contributed by atoms with Crippen molar-refractivity contribution in [2.75, 3.05) is 6.54 Å². The average molecular weight is 282 g/mol. The number of aryl methyl sites for hydroxylation is 2. The fourth-order valence-electron chi connectivity index (χ4n) is 2.46. The van der Waals surface area contributed by atoms with Gasteiger partial charge in [-0.25, -0.2) is 0 Å². The molecule has 0 spiro atoms. The first-order valence-corrected chi connectivity index (χ1v) is 7.98. The maximum absolute atomic E-state index is 6.43. The molecule has 0 radical (unpaired) electrons. The van der Waals surface area contributed by atoms with Crippen molar-refractivity contribution in [3.63, 3.8) is 0 Å². The van der Waals surface area contributed by atoms with Gasteiger partial charge < -0.3 is 5.32 Å². The second-order valence-electron chi connectivity index (χ2n) is 5.42. The normalized spacial score (nSPS) is 12.7. The first-order valence-electron chi connectivity index (χ1n) is 7.60. The molecule has 1 unspecified atom stereocenters. The van der Waals surface area contributed by atoms with Gasteiger partial charge in [-0.1, -0.05) is 57.2 Å². The summed E-state index contributed by atoms with van der Waals surface area (Å²) >= 11 is 6.43. The van der Waals surface area contributed by atoms with Crippen LogP contribution in [0.4, 0.5) is 0 Å². The van der Waals surface area contributed by atoms with Crippen LogP contribution in [0.15, 0.2) is 12.1 Å². The summed E-state index contributed by atoms with van der Waals surface area (Å²) in [6, 6.07) is 4.75. The second-order valence-corrected chi connectivity index (χ2v) is 5.82. The van der Waals surface area contributed by atoms with E-state index in [2.05, 4.69) is 45.1 Å². The molecule has 0 heterocycles. The van der Waals surface area contributed by atoms with Crippen LogP contribution >= 0.6 is 11.6 Å². The molecular formula is C17H28ClN. The molecule has 1 atom stereocenters. The van der Waals surface area contributed by atoms with E-state index < -0.39 is 0 Å². The lowest BCUT2D eigenvalue weighted by atomic mass is 9.96. The number of rotatable bonds is 8. The van der Waals surface area contributed by atoms with Crippen molar-refractivity contribution in [3.8, 4) is 0 Å². The van der Waals surface area contributed by atoms with Gasteiger partial charge >= 0.3 is 0 Å². The van der Waals surface area contributed by atoms with Gasteiger partial charge in [0, 0.05) is 11.1 Å². The largest absolute Gasteiger partial charge is 0.310 e. The molecule has 1 rings (SSSR count). The molecular weight excluding hydrogens is 254 g/mol. The van der Waals surface area contributed by atoms with Crippen LogP contribution in [0, 0.1) is 13.8 Å². The van der Waals surface area contributed by atoms with E-state index in [0.29, 0.717) is 6.04 Å². The van der Waals surface area contributed by atoms with E-state index >= 15 is 0 Å². The Bertz CT molecular complexity index is 387. The minimum absolute atomic E-state index is 0.397. The zero-order valence-corrected chi connectivity index (χ0v) is 13.6.